The highest BCUT2D eigenvalue weighted by atomic mass is 19.1. The molecule has 2 atom stereocenters. The molecule has 1 N–H and O–H groups in total. The van der Waals surface area contributed by atoms with Gasteiger partial charge < -0.3 is 10.2 Å². The predicted molar refractivity (Wildman–Crippen MR) is 87.9 cm³/mol. The standard InChI is InChI=1S/C17H22FN5O/c1-12-5-6-14(8-16(12)18)13(2)21-17(24)22-7-3-4-15(9-22)23-11-19-10-20-23/h5-6,8,10-11,13,15H,3-4,7,9H2,1-2H3,(H,21,24)/t13-,15-/m1/s1. The number of carbonyl (C=O) groups is 1. The average Bonchev–Trinajstić information content (AvgIpc) is 3.12. The molecule has 0 spiro atoms. The number of nitrogens with zero attached hydrogens (tertiary/aromatic N) is 4. The van der Waals surface area contributed by atoms with Crippen LogP contribution < -0.4 is 5.32 Å². The molecule has 0 aliphatic carbocycles. The summed E-state index contributed by atoms with van der Waals surface area (Å²) in [5, 5.41) is 7.12. The van der Waals surface area contributed by atoms with Gasteiger partial charge >= 0.3 is 6.03 Å². The van der Waals surface area contributed by atoms with E-state index >= 15 is 0 Å². The molecule has 0 bridgehead atoms. The Morgan fingerprint density at radius 3 is 3.00 bits per heavy atom. The smallest absolute Gasteiger partial charge is 0.317 e. The number of halogens is 1. The first-order valence-corrected chi connectivity index (χ1v) is 8.20. The van der Waals surface area contributed by atoms with Crippen LogP contribution >= 0.6 is 0 Å². The van der Waals surface area contributed by atoms with Gasteiger partial charge in [-0.1, -0.05) is 12.1 Å². The molecule has 1 aliphatic heterocycles. The van der Waals surface area contributed by atoms with Crippen LogP contribution in [0.15, 0.2) is 30.9 Å². The van der Waals surface area contributed by atoms with E-state index in [9.17, 15) is 9.18 Å². The normalized spacial score (nSPS) is 19.1. The van der Waals surface area contributed by atoms with Crippen molar-refractivity contribution in [3.8, 4) is 0 Å². The van der Waals surface area contributed by atoms with Crippen molar-refractivity contribution < 1.29 is 9.18 Å². The molecule has 1 aromatic heterocycles. The second-order valence-electron chi connectivity index (χ2n) is 6.30. The van der Waals surface area contributed by atoms with Gasteiger partial charge in [-0.3, -0.25) is 0 Å². The fourth-order valence-electron chi connectivity index (χ4n) is 3.00. The fraction of sp³-hybridized carbons (Fsp3) is 0.471. The summed E-state index contributed by atoms with van der Waals surface area (Å²) < 4.78 is 15.5. The van der Waals surface area contributed by atoms with E-state index in [1.54, 1.807) is 28.9 Å². The summed E-state index contributed by atoms with van der Waals surface area (Å²) in [4.78, 5) is 18.3. The van der Waals surface area contributed by atoms with Gasteiger partial charge in [-0.15, -0.1) is 0 Å². The Hall–Kier alpha value is -2.44. The van der Waals surface area contributed by atoms with Crippen molar-refractivity contribution in [3.05, 3.63) is 47.8 Å². The average molecular weight is 331 g/mol. The zero-order chi connectivity index (χ0) is 17.1. The van der Waals surface area contributed by atoms with Crippen LogP contribution in [0.5, 0.6) is 0 Å². The van der Waals surface area contributed by atoms with Crippen molar-refractivity contribution in [2.24, 2.45) is 0 Å². The molecule has 24 heavy (non-hydrogen) atoms. The summed E-state index contributed by atoms with van der Waals surface area (Å²) >= 11 is 0. The summed E-state index contributed by atoms with van der Waals surface area (Å²) in [6.07, 6.45) is 5.09. The maximum Gasteiger partial charge on any atom is 0.317 e. The van der Waals surface area contributed by atoms with Gasteiger partial charge in [0.25, 0.3) is 0 Å². The van der Waals surface area contributed by atoms with Crippen molar-refractivity contribution in [2.45, 2.75) is 38.8 Å². The molecule has 1 aromatic carbocycles. The van der Waals surface area contributed by atoms with Gasteiger partial charge in [0.15, 0.2) is 0 Å². The minimum Gasteiger partial charge on any atom is -0.331 e. The molecule has 1 aliphatic rings. The molecule has 7 heteroatoms. The number of amides is 2. The molecule has 0 saturated carbocycles. The molecule has 2 aromatic rings. The Morgan fingerprint density at radius 2 is 2.29 bits per heavy atom. The second-order valence-corrected chi connectivity index (χ2v) is 6.30. The zero-order valence-electron chi connectivity index (χ0n) is 13.9. The highest BCUT2D eigenvalue weighted by Crippen LogP contribution is 2.21. The van der Waals surface area contributed by atoms with Gasteiger partial charge in [-0.05, 0) is 43.9 Å². The molecule has 2 heterocycles. The lowest BCUT2D eigenvalue weighted by molar-refractivity contribution is 0.160. The van der Waals surface area contributed by atoms with Crippen molar-refractivity contribution >= 4 is 6.03 Å². The van der Waals surface area contributed by atoms with Crippen LogP contribution in [0.2, 0.25) is 0 Å². The number of aromatic nitrogens is 3. The topological polar surface area (TPSA) is 63.1 Å². The molecular weight excluding hydrogens is 309 g/mol. The first-order valence-electron chi connectivity index (χ1n) is 8.20. The predicted octanol–water partition coefficient (Wildman–Crippen LogP) is 2.83. The van der Waals surface area contributed by atoms with Crippen LogP contribution in [-0.2, 0) is 0 Å². The van der Waals surface area contributed by atoms with E-state index in [-0.39, 0.29) is 23.9 Å². The Bertz CT molecular complexity index is 703. The van der Waals surface area contributed by atoms with E-state index in [4.69, 9.17) is 0 Å². The maximum atomic E-state index is 13.7. The van der Waals surface area contributed by atoms with E-state index < -0.39 is 0 Å². The van der Waals surface area contributed by atoms with E-state index in [0.717, 1.165) is 18.4 Å². The van der Waals surface area contributed by atoms with Crippen LogP contribution in [0.25, 0.3) is 0 Å². The van der Waals surface area contributed by atoms with E-state index in [2.05, 4.69) is 15.4 Å². The number of aryl methyl sites for hydroxylation is 1. The van der Waals surface area contributed by atoms with Gasteiger partial charge in [0.1, 0.15) is 18.5 Å². The highest BCUT2D eigenvalue weighted by molar-refractivity contribution is 5.74. The van der Waals surface area contributed by atoms with Gasteiger partial charge in [-0.2, -0.15) is 5.10 Å². The van der Waals surface area contributed by atoms with Crippen molar-refractivity contribution in [1.29, 1.82) is 0 Å². The molecule has 128 valence electrons. The number of hydrogen-bond donors (Lipinski definition) is 1. The lowest BCUT2D eigenvalue weighted by Crippen LogP contribution is -2.46. The van der Waals surface area contributed by atoms with Gasteiger partial charge in [-0.25, -0.2) is 18.9 Å². The number of hydrogen-bond acceptors (Lipinski definition) is 3. The quantitative estimate of drug-likeness (QED) is 0.941. The first kappa shape index (κ1) is 16.4. The summed E-state index contributed by atoms with van der Waals surface area (Å²) in [5.74, 6) is -0.252. The second kappa shape index (κ2) is 6.98. The van der Waals surface area contributed by atoms with Crippen LogP contribution in [0.4, 0.5) is 9.18 Å². The van der Waals surface area contributed by atoms with Gasteiger partial charge in [0.05, 0.1) is 12.1 Å². The summed E-state index contributed by atoms with van der Waals surface area (Å²) in [6, 6.07) is 4.83. The molecule has 2 amide bonds. The van der Waals surface area contributed by atoms with E-state index in [0.29, 0.717) is 18.7 Å². The Morgan fingerprint density at radius 1 is 1.46 bits per heavy atom. The van der Waals surface area contributed by atoms with Gasteiger partial charge in [0.2, 0.25) is 0 Å². The Labute approximate surface area is 140 Å². The number of urea groups is 1. The molecule has 1 fully saturated rings. The van der Waals surface area contributed by atoms with Gasteiger partial charge in [0, 0.05) is 13.1 Å². The Kier molecular flexibility index (Phi) is 4.78. The largest absolute Gasteiger partial charge is 0.331 e. The van der Waals surface area contributed by atoms with E-state index in [1.165, 1.54) is 12.4 Å². The van der Waals surface area contributed by atoms with Crippen LogP contribution in [0.3, 0.4) is 0 Å². The van der Waals surface area contributed by atoms with Crippen molar-refractivity contribution in [2.75, 3.05) is 13.1 Å². The van der Waals surface area contributed by atoms with Crippen LogP contribution in [-0.4, -0.2) is 38.8 Å². The summed E-state index contributed by atoms with van der Waals surface area (Å²) in [6.45, 7) is 4.90. The molecule has 0 radical (unpaired) electrons. The fourth-order valence-corrected chi connectivity index (χ4v) is 3.00. The number of likely N-dealkylation sites (tertiary alicyclic amines) is 1. The number of piperidine rings is 1. The number of benzene rings is 1. The minimum absolute atomic E-state index is 0.131. The first-order chi connectivity index (χ1) is 11.5. The van der Waals surface area contributed by atoms with Crippen molar-refractivity contribution in [1.82, 2.24) is 25.0 Å². The third-order valence-electron chi connectivity index (χ3n) is 4.53. The molecule has 3 rings (SSSR count). The number of nitrogens with one attached hydrogen (secondary N) is 1. The molecule has 1 saturated heterocycles. The number of rotatable bonds is 3. The SMILES string of the molecule is Cc1ccc([C@@H](C)NC(=O)N2CCC[C@@H](n3cncn3)C2)cc1F. The van der Waals surface area contributed by atoms with Crippen molar-refractivity contribution in [3.63, 3.8) is 0 Å². The number of carbonyl (C=O) groups excluding carboxylic acids is 1. The maximum absolute atomic E-state index is 13.7. The monoisotopic (exact) mass is 331 g/mol. The third kappa shape index (κ3) is 3.55. The summed E-state index contributed by atoms with van der Waals surface area (Å²) in [7, 11) is 0. The van der Waals surface area contributed by atoms with E-state index in [1.807, 2.05) is 13.0 Å². The van der Waals surface area contributed by atoms with Crippen LogP contribution in [0, 0.1) is 12.7 Å². The lowest BCUT2D eigenvalue weighted by Gasteiger charge is -2.33. The highest BCUT2D eigenvalue weighted by Gasteiger charge is 2.26. The molecule has 0 unspecified atom stereocenters. The Balaban J connectivity index is 1.62. The molecular formula is C17H22FN5O. The zero-order valence-corrected chi connectivity index (χ0v) is 13.9. The minimum atomic E-state index is -0.252. The molecule has 6 nitrogen and oxygen atoms in total. The van der Waals surface area contributed by atoms with Crippen LogP contribution in [0.1, 0.15) is 43.0 Å². The lowest BCUT2D eigenvalue weighted by atomic mass is 10.1. The third-order valence-corrected chi connectivity index (χ3v) is 4.53. The summed E-state index contributed by atoms with van der Waals surface area (Å²) in [5.41, 5.74) is 1.36.